The lowest BCUT2D eigenvalue weighted by molar-refractivity contribution is -0.148. The number of hydrogen-bond donors (Lipinski definition) is 0. The summed E-state index contributed by atoms with van der Waals surface area (Å²) < 4.78 is 10.2. The molecule has 0 aliphatic carbocycles. The Labute approximate surface area is 111 Å². The van der Waals surface area contributed by atoms with Crippen LogP contribution in [-0.2, 0) is 14.3 Å². The van der Waals surface area contributed by atoms with Gasteiger partial charge < -0.3 is 9.47 Å². The highest BCUT2D eigenvalue weighted by atomic mass is 16.6. The van der Waals surface area contributed by atoms with Crippen molar-refractivity contribution in [2.75, 3.05) is 32.9 Å². The van der Waals surface area contributed by atoms with Crippen molar-refractivity contribution in [3.05, 3.63) is 0 Å². The molecule has 4 heteroatoms. The molecule has 18 heavy (non-hydrogen) atoms. The van der Waals surface area contributed by atoms with Crippen molar-refractivity contribution in [2.45, 2.75) is 52.0 Å². The number of nitrogens with zero attached hydrogens (tertiary/aromatic N) is 1. The average Bonchev–Trinajstić information content (AvgIpc) is 2.60. The summed E-state index contributed by atoms with van der Waals surface area (Å²) in [6.45, 7) is 7.28. The van der Waals surface area contributed by atoms with Crippen LogP contribution >= 0.6 is 0 Å². The van der Waals surface area contributed by atoms with Crippen LogP contribution in [0.5, 0.6) is 0 Å². The maximum Gasteiger partial charge on any atom is 0.332 e. The average molecular weight is 257 g/mol. The fraction of sp³-hybridized carbons (Fsp3) is 0.929. The fourth-order valence-corrected chi connectivity index (χ4v) is 2.53. The van der Waals surface area contributed by atoms with E-state index < -0.39 is 0 Å². The quantitative estimate of drug-likeness (QED) is 0.518. The lowest BCUT2D eigenvalue weighted by Gasteiger charge is -2.28. The van der Waals surface area contributed by atoms with Gasteiger partial charge in [-0.05, 0) is 32.7 Å². The van der Waals surface area contributed by atoms with E-state index in [1.165, 1.54) is 38.6 Å². The summed E-state index contributed by atoms with van der Waals surface area (Å²) in [6.07, 6.45) is 6.48. The van der Waals surface area contributed by atoms with E-state index in [4.69, 9.17) is 9.47 Å². The van der Waals surface area contributed by atoms with E-state index in [0.717, 1.165) is 6.54 Å². The minimum Gasteiger partial charge on any atom is -0.464 e. The Morgan fingerprint density at radius 3 is 2.83 bits per heavy atom. The normalized spacial score (nSPS) is 21.6. The highest BCUT2D eigenvalue weighted by Crippen LogP contribution is 2.18. The molecule has 1 unspecified atom stereocenters. The number of rotatable bonds is 7. The molecular formula is C14H27NO3. The number of carbonyl (C=O) groups excluding carboxylic acids is 1. The van der Waals surface area contributed by atoms with Crippen LogP contribution in [0.25, 0.3) is 0 Å². The van der Waals surface area contributed by atoms with E-state index in [1.54, 1.807) is 6.92 Å². The van der Waals surface area contributed by atoms with Gasteiger partial charge in [0.2, 0.25) is 0 Å². The number of esters is 1. The Hall–Kier alpha value is -0.610. The standard InChI is InChI=1S/C14H27NO3/c1-3-13-8-6-5-7-9-15(13)10-11-17-12-14(16)18-4-2/h13H,3-12H2,1-2H3. The molecule has 0 bridgehead atoms. The number of hydrogen-bond acceptors (Lipinski definition) is 4. The van der Waals surface area contributed by atoms with Crippen molar-refractivity contribution in [3.63, 3.8) is 0 Å². The molecule has 0 amide bonds. The third kappa shape index (κ3) is 5.83. The Balaban J connectivity index is 2.17. The Morgan fingerprint density at radius 2 is 2.11 bits per heavy atom. The van der Waals surface area contributed by atoms with Gasteiger partial charge in [0.05, 0.1) is 13.2 Å². The number of likely N-dealkylation sites (tertiary alicyclic amines) is 1. The molecule has 106 valence electrons. The molecule has 1 aliphatic rings. The van der Waals surface area contributed by atoms with Gasteiger partial charge in [0.15, 0.2) is 0 Å². The second kappa shape index (κ2) is 9.34. The SMILES string of the molecule is CCOC(=O)COCCN1CCCCCC1CC. The molecule has 0 saturated carbocycles. The van der Waals surface area contributed by atoms with Crippen molar-refractivity contribution in [3.8, 4) is 0 Å². The van der Waals surface area contributed by atoms with Gasteiger partial charge in [-0.3, -0.25) is 4.90 Å². The lowest BCUT2D eigenvalue weighted by Crippen LogP contribution is -2.37. The molecule has 4 nitrogen and oxygen atoms in total. The molecule has 0 spiro atoms. The minimum absolute atomic E-state index is 0.0818. The van der Waals surface area contributed by atoms with Crippen LogP contribution in [0.1, 0.15) is 46.0 Å². The van der Waals surface area contributed by atoms with Crippen LogP contribution in [0.2, 0.25) is 0 Å². The molecular weight excluding hydrogens is 230 g/mol. The van der Waals surface area contributed by atoms with Gasteiger partial charge in [-0.25, -0.2) is 4.79 Å². The molecule has 1 fully saturated rings. The molecule has 0 aromatic carbocycles. The van der Waals surface area contributed by atoms with Crippen LogP contribution in [0.3, 0.4) is 0 Å². The molecule has 0 aromatic heterocycles. The number of ether oxygens (including phenoxy) is 2. The topological polar surface area (TPSA) is 38.8 Å². The van der Waals surface area contributed by atoms with Crippen LogP contribution in [0, 0.1) is 0 Å². The molecule has 1 atom stereocenters. The van der Waals surface area contributed by atoms with Crippen molar-refractivity contribution < 1.29 is 14.3 Å². The van der Waals surface area contributed by atoms with Crippen LogP contribution < -0.4 is 0 Å². The van der Waals surface area contributed by atoms with E-state index in [9.17, 15) is 4.79 Å². The van der Waals surface area contributed by atoms with E-state index in [1.807, 2.05) is 0 Å². The molecule has 1 saturated heterocycles. The van der Waals surface area contributed by atoms with Gasteiger partial charge in [-0.2, -0.15) is 0 Å². The summed E-state index contributed by atoms with van der Waals surface area (Å²) >= 11 is 0. The summed E-state index contributed by atoms with van der Waals surface area (Å²) in [4.78, 5) is 13.6. The van der Waals surface area contributed by atoms with E-state index in [0.29, 0.717) is 19.3 Å². The Bertz CT molecular complexity index is 233. The highest BCUT2D eigenvalue weighted by Gasteiger charge is 2.18. The van der Waals surface area contributed by atoms with Gasteiger partial charge in [-0.15, -0.1) is 0 Å². The number of carbonyl (C=O) groups is 1. The first-order chi connectivity index (χ1) is 8.77. The van der Waals surface area contributed by atoms with Crippen molar-refractivity contribution in [1.82, 2.24) is 4.90 Å². The van der Waals surface area contributed by atoms with E-state index in [-0.39, 0.29) is 12.6 Å². The summed E-state index contributed by atoms with van der Waals surface area (Å²) in [5, 5.41) is 0. The summed E-state index contributed by atoms with van der Waals surface area (Å²) in [5.41, 5.74) is 0. The van der Waals surface area contributed by atoms with E-state index in [2.05, 4.69) is 11.8 Å². The molecule has 0 radical (unpaired) electrons. The fourth-order valence-electron chi connectivity index (χ4n) is 2.53. The lowest BCUT2D eigenvalue weighted by atomic mass is 10.1. The summed E-state index contributed by atoms with van der Waals surface area (Å²) in [5.74, 6) is -0.264. The molecule has 1 rings (SSSR count). The van der Waals surface area contributed by atoms with Crippen LogP contribution in [0.4, 0.5) is 0 Å². The highest BCUT2D eigenvalue weighted by molar-refractivity contribution is 5.70. The smallest absolute Gasteiger partial charge is 0.332 e. The first-order valence-corrected chi connectivity index (χ1v) is 7.25. The van der Waals surface area contributed by atoms with Crippen LogP contribution in [-0.4, -0.2) is 49.8 Å². The first-order valence-electron chi connectivity index (χ1n) is 7.25. The molecule has 1 aliphatic heterocycles. The van der Waals surface area contributed by atoms with Crippen LogP contribution in [0.15, 0.2) is 0 Å². The largest absolute Gasteiger partial charge is 0.464 e. The molecule has 0 N–H and O–H groups in total. The van der Waals surface area contributed by atoms with E-state index >= 15 is 0 Å². The van der Waals surface area contributed by atoms with Gasteiger partial charge >= 0.3 is 5.97 Å². The second-order valence-corrected chi connectivity index (χ2v) is 4.80. The zero-order valence-corrected chi connectivity index (χ0v) is 11.8. The second-order valence-electron chi connectivity index (χ2n) is 4.80. The molecule has 1 heterocycles. The maximum absolute atomic E-state index is 11.1. The predicted molar refractivity (Wildman–Crippen MR) is 71.6 cm³/mol. The van der Waals surface area contributed by atoms with Crippen molar-refractivity contribution in [2.24, 2.45) is 0 Å². The first kappa shape index (κ1) is 15.4. The monoisotopic (exact) mass is 257 g/mol. The Morgan fingerprint density at radius 1 is 1.28 bits per heavy atom. The predicted octanol–water partition coefficient (Wildman–Crippen LogP) is 2.22. The van der Waals surface area contributed by atoms with Gasteiger partial charge in [0, 0.05) is 12.6 Å². The molecule has 0 aromatic rings. The zero-order chi connectivity index (χ0) is 13.2. The van der Waals surface area contributed by atoms with Gasteiger partial charge in [-0.1, -0.05) is 19.8 Å². The third-order valence-electron chi connectivity index (χ3n) is 3.52. The summed E-state index contributed by atoms with van der Waals surface area (Å²) in [6, 6.07) is 0.693. The van der Waals surface area contributed by atoms with Gasteiger partial charge in [0.25, 0.3) is 0 Å². The zero-order valence-electron chi connectivity index (χ0n) is 11.8. The van der Waals surface area contributed by atoms with Crippen molar-refractivity contribution in [1.29, 1.82) is 0 Å². The minimum atomic E-state index is -0.264. The summed E-state index contributed by atoms with van der Waals surface area (Å²) in [7, 11) is 0. The van der Waals surface area contributed by atoms with Gasteiger partial charge in [0.1, 0.15) is 6.61 Å². The maximum atomic E-state index is 11.1. The third-order valence-corrected chi connectivity index (χ3v) is 3.52. The Kier molecular flexibility index (Phi) is 8.01. The van der Waals surface area contributed by atoms with Crippen molar-refractivity contribution >= 4 is 5.97 Å².